The number of hydrogen-bond donors (Lipinski definition) is 0. The minimum absolute atomic E-state index is 0.204. The molecule has 1 fully saturated rings. The van der Waals surface area contributed by atoms with E-state index in [1.54, 1.807) is 0 Å². The maximum Gasteiger partial charge on any atom is 0.241 e. The van der Waals surface area contributed by atoms with Crippen LogP contribution in [0.3, 0.4) is 0 Å². The first kappa shape index (κ1) is 16.1. The molecule has 0 N–H and O–H groups in total. The van der Waals surface area contributed by atoms with Crippen molar-refractivity contribution in [2.75, 3.05) is 42.5 Å². The molecule has 0 radical (unpaired) electrons. The van der Waals surface area contributed by atoms with Crippen molar-refractivity contribution in [3.63, 3.8) is 0 Å². The van der Waals surface area contributed by atoms with Crippen molar-refractivity contribution in [3.8, 4) is 0 Å². The largest absolute Gasteiger partial charge is 0.323 e. The number of pyridine rings is 1. The molecule has 130 valence electrons. The van der Waals surface area contributed by atoms with E-state index >= 15 is 0 Å². The van der Waals surface area contributed by atoms with Gasteiger partial charge in [0.25, 0.3) is 0 Å². The highest BCUT2D eigenvalue weighted by Gasteiger charge is 2.28. The molecule has 5 nitrogen and oxygen atoms in total. The number of carbonyl (C=O) groups excluding carboxylic acids is 1. The number of aromatic nitrogens is 1. The Morgan fingerprint density at radius 2 is 1.64 bits per heavy atom. The Morgan fingerprint density at radius 3 is 2.40 bits per heavy atom. The molecule has 2 aromatic rings. The summed E-state index contributed by atoms with van der Waals surface area (Å²) in [7, 11) is 0. The highest BCUT2D eigenvalue weighted by atomic mass is 16.2. The first-order chi connectivity index (χ1) is 12.3. The van der Waals surface area contributed by atoms with Crippen LogP contribution < -0.4 is 9.80 Å². The number of para-hydroxylation sites is 2. The summed E-state index contributed by atoms with van der Waals surface area (Å²) in [5, 5.41) is 0. The minimum atomic E-state index is 0.204. The highest BCUT2D eigenvalue weighted by molar-refractivity contribution is 5.99. The third kappa shape index (κ3) is 3.37. The van der Waals surface area contributed by atoms with E-state index in [9.17, 15) is 4.79 Å². The number of likely N-dealkylation sites (tertiary alicyclic amines) is 1. The Kier molecular flexibility index (Phi) is 4.65. The molecule has 0 unspecified atom stereocenters. The summed E-state index contributed by atoms with van der Waals surface area (Å²) in [6, 6.07) is 14.1. The van der Waals surface area contributed by atoms with Gasteiger partial charge in [-0.05, 0) is 50.2 Å². The molecule has 1 aromatic heterocycles. The normalized spacial score (nSPS) is 18.1. The number of benzene rings is 1. The molecule has 5 heteroatoms. The summed E-state index contributed by atoms with van der Waals surface area (Å²) in [6.45, 7) is 4.07. The zero-order valence-electron chi connectivity index (χ0n) is 14.5. The summed E-state index contributed by atoms with van der Waals surface area (Å²) >= 11 is 0. The van der Waals surface area contributed by atoms with E-state index in [4.69, 9.17) is 0 Å². The van der Waals surface area contributed by atoms with E-state index < -0.39 is 0 Å². The fourth-order valence-electron chi connectivity index (χ4n) is 3.77. The van der Waals surface area contributed by atoms with Gasteiger partial charge in [0.2, 0.25) is 5.91 Å². The Balaban J connectivity index is 1.57. The second kappa shape index (κ2) is 7.23. The monoisotopic (exact) mass is 336 g/mol. The molecule has 1 aromatic carbocycles. The molecule has 1 amide bonds. The number of rotatable bonds is 3. The van der Waals surface area contributed by atoms with E-state index in [0.717, 1.165) is 36.8 Å². The molecule has 0 saturated carbocycles. The van der Waals surface area contributed by atoms with Gasteiger partial charge < -0.3 is 9.80 Å². The number of amides is 1. The van der Waals surface area contributed by atoms with Gasteiger partial charge in [0.1, 0.15) is 5.82 Å². The van der Waals surface area contributed by atoms with E-state index in [-0.39, 0.29) is 5.91 Å². The molecular formula is C20H24N4O. The van der Waals surface area contributed by atoms with Crippen LogP contribution in [0.4, 0.5) is 17.2 Å². The molecular weight excluding hydrogens is 312 g/mol. The van der Waals surface area contributed by atoms with Crippen molar-refractivity contribution >= 4 is 23.1 Å². The summed E-state index contributed by atoms with van der Waals surface area (Å²) in [5.74, 6) is 1.13. The maximum atomic E-state index is 12.9. The van der Waals surface area contributed by atoms with Crippen LogP contribution in [-0.2, 0) is 4.79 Å². The number of fused-ring (bicyclic) bond motifs is 1. The average molecular weight is 336 g/mol. The van der Waals surface area contributed by atoms with Crippen LogP contribution in [0.2, 0.25) is 0 Å². The summed E-state index contributed by atoms with van der Waals surface area (Å²) in [6.07, 6.45) is 5.51. The predicted octanol–water partition coefficient (Wildman–Crippen LogP) is 3.05. The minimum Gasteiger partial charge on any atom is -0.323 e. The van der Waals surface area contributed by atoms with Gasteiger partial charge in [-0.1, -0.05) is 24.6 Å². The Hall–Kier alpha value is -2.40. The molecule has 0 bridgehead atoms. The molecule has 0 atom stereocenters. The molecule has 0 aliphatic carbocycles. The molecule has 2 aliphatic heterocycles. The molecule has 1 saturated heterocycles. The fourth-order valence-corrected chi connectivity index (χ4v) is 3.77. The summed E-state index contributed by atoms with van der Waals surface area (Å²) in [5.41, 5.74) is 2.04. The topological polar surface area (TPSA) is 39.7 Å². The fraction of sp³-hybridized carbons (Fsp3) is 0.400. The van der Waals surface area contributed by atoms with Crippen molar-refractivity contribution in [1.29, 1.82) is 0 Å². The van der Waals surface area contributed by atoms with Crippen LogP contribution in [0.1, 0.15) is 19.3 Å². The molecule has 0 spiro atoms. The second-order valence-electron chi connectivity index (χ2n) is 6.71. The Labute approximate surface area is 148 Å². The third-order valence-corrected chi connectivity index (χ3v) is 5.04. The number of anilines is 3. The summed E-state index contributed by atoms with van der Waals surface area (Å²) < 4.78 is 0. The Bertz CT molecular complexity index is 727. The molecule has 3 heterocycles. The van der Waals surface area contributed by atoms with Crippen molar-refractivity contribution in [2.24, 2.45) is 0 Å². The van der Waals surface area contributed by atoms with Gasteiger partial charge in [-0.3, -0.25) is 9.69 Å². The number of carbonyl (C=O) groups is 1. The van der Waals surface area contributed by atoms with E-state index in [2.05, 4.69) is 20.9 Å². The van der Waals surface area contributed by atoms with Gasteiger partial charge in [-0.15, -0.1) is 0 Å². The molecule has 4 rings (SSSR count). The van der Waals surface area contributed by atoms with Gasteiger partial charge in [-0.2, -0.15) is 0 Å². The van der Waals surface area contributed by atoms with Crippen molar-refractivity contribution in [3.05, 3.63) is 48.7 Å². The van der Waals surface area contributed by atoms with Crippen LogP contribution in [0.25, 0.3) is 0 Å². The lowest BCUT2D eigenvalue weighted by Gasteiger charge is -2.38. The molecule has 2 aliphatic rings. The van der Waals surface area contributed by atoms with Crippen LogP contribution >= 0.6 is 0 Å². The zero-order chi connectivity index (χ0) is 17.1. The van der Waals surface area contributed by atoms with Crippen molar-refractivity contribution < 1.29 is 4.79 Å². The van der Waals surface area contributed by atoms with Crippen molar-refractivity contribution in [1.82, 2.24) is 9.88 Å². The van der Waals surface area contributed by atoms with Gasteiger partial charge in [-0.25, -0.2) is 4.98 Å². The predicted molar refractivity (Wildman–Crippen MR) is 100 cm³/mol. The highest BCUT2D eigenvalue weighted by Crippen LogP contribution is 2.36. The molecule has 25 heavy (non-hydrogen) atoms. The standard InChI is InChI=1S/C20H24N4O/c25-20(16-22-12-6-1-7-13-22)24-15-14-23(19-10-4-5-11-21-19)17-8-2-3-9-18(17)24/h2-5,8-11H,1,6-7,12-16H2. The van der Waals surface area contributed by atoms with Gasteiger partial charge >= 0.3 is 0 Å². The van der Waals surface area contributed by atoms with E-state index in [1.165, 1.54) is 19.3 Å². The van der Waals surface area contributed by atoms with Gasteiger partial charge in [0.15, 0.2) is 0 Å². The third-order valence-electron chi connectivity index (χ3n) is 5.04. The maximum absolute atomic E-state index is 12.9. The van der Waals surface area contributed by atoms with Gasteiger partial charge in [0.05, 0.1) is 17.9 Å². The Morgan fingerprint density at radius 1 is 0.880 bits per heavy atom. The van der Waals surface area contributed by atoms with Crippen LogP contribution in [-0.4, -0.2) is 48.5 Å². The summed E-state index contributed by atoms with van der Waals surface area (Å²) in [4.78, 5) is 23.8. The van der Waals surface area contributed by atoms with E-state index in [1.807, 2.05) is 47.5 Å². The number of hydrogen-bond acceptors (Lipinski definition) is 4. The van der Waals surface area contributed by atoms with Gasteiger partial charge in [0, 0.05) is 19.3 Å². The zero-order valence-corrected chi connectivity index (χ0v) is 14.5. The smallest absolute Gasteiger partial charge is 0.241 e. The quantitative estimate of drug-likeness (QED) is 0.864. The lowest BCUT2D eigenvalue weighted by molar-refractivity contribution is -0.120. The lowest BCUT2D eigenvalue weighted by atomic mass is 10.1. The first-order valence-electron chi connectivity index (χ1n) is 9.13. The van der Waals surface area contributed by atoms with Crippen molar-refractivity contribution in [2.45, 2.75) is 19.3 Å². The van der Waals surface area contributed by atoms with Crippen LogP contribution in [0, 0.1) is 0 Å². The number of nitrogens with zero attached hydrogens (tertiary/aromatic N) is 4. The van der Waals surface area contributed by atoms with E-state index in [0.29, 0.717) is 13.1 Å². The SMILES string of the molecule is O=C(CN1CCCCC1)N1CCN(c2ccccn2)c2ccccc21. The lowest BCUT2D eigenvalue weighted by Crippen LogP contribution is -2.47. The second-order valence-corrected chi connectivity index (χ2v) is 6.71. The van der Waals surface area contributed by atoms with Crippen LogP contribution in [0.5, 0.6) is 0 Å². The number of piperidine rings is 1. The first-order valence-corrected chi connectivity index (χ1v) is 9.13. The average Bonchev–Trinajstić information content (AvgIpc) is 2.68. The van der Waals surface area contributed by atoms with Crippen LogP contribution in [0.15, 0.2) is 48.7 Å².